The number of ketones is 1. The van der Waals surface area contributed by atoms with Gasteiger partial charge in [0.1, 0.15) is 11.5 Å². The van der Waals surface area contributed by atoms with Gasteiger partial charge in [-0.25, -0.2) is 0 Å². The van der Waals surface area contributed by atoms with Gasteiger partial charge in [0.15, 0.2) is 0 Å². The summed E-state index contributed by atoms with van der Waals surface area (Å²) in [5.41, 5.74) is 3.46. The zero-order valence-corrected chi connectivity index (χ0v) is 21.1. The molecule has 0 radical (unpaired) electrons. The second kappa shape index (κ2) is 10.9. The van der Waals surface area contributed by atoms with Crippen molar-refractivity contribution in [1.82, 2.24) is 9.80 Å². The van der Waals surface area contributed by atoms with E-state index in [1.807, 2.05) is 50.2 Å². The van der Waals surface area contributed by atoms with Gasteiger partial charge < -0.3 is 19.6 Å². The third kappa shape index (κ3) is 5.50. The van der Waals surface area contributed by atoms with Crippen LogP contribution in [0.3, 0.4) is 0 Å². The first-order chi connectivity index (χ1) is 16.1. The van der Waals surface area contributed by atoms with Crippen molar-refractivity contribution < 1.29 is 19.4 Å². The highest BCUT2D eigenvalue weighted by Crippen LogP contribution is 2.39. The minimum Gasteiger partial charge on any atom is -0.507 e. The van der Waals surface area contributed by atoms with E-state index in [4.69, 9.17) is 4.74 Å². The van der Waals surface area contributed by atoms with E-state index in [0.717, 1.165) is 23.3 Å². The van der Waals surface area contributed by atoms with Crippen molar-refractivity contribution in [3.05, 3.63) is 70.3 Å². The number of aryl methyl sites for hydroxylation is 2. The number of likely N-dealkylation sites (tertiary alicyclic amines) is 1. The lowest BCUT2D eigenvalue weighted by Gasteiger charge is -2.26. The fraction of sp³-hybridized carbons (Fsp3) is 0.429. The van der Waals surface area contributed by atoms with Crippen molar-refractivity contribution in [3.8, 4) is 5.75 Å². The maximum absolute atomic E-state index is 13.2. The molecular weight excluding hydrogens is 428 g/mol. The SMILES string of the molecule is CCc1ccc(C2C(=C(O)c3ccc(OCC(C)C)c(C)c3)C(=O)C(=O)N2CCN(C)C)cc1. The van der Waals surface area contributed by atoms with Gasteiger partial charge in [0.05, 0.1) is 18.2 Å². The molecule has 1 saturated heterocycles. The molecule has 0 spiro atoms. The quantitative estimate of drug-likeness (QED) is 0.334. The van der Waals surface area contributed by atoms with Gasteiger partial charge in [-0.1, -0.05) is 45.0 Å². The van der Waals surface area contributed by atoms with Gasteiger partial charge in [-0.05, 0) is 68.2 Å². The Labute approximate surface area is 202 Å². The van der Waals surface area contributed by atoms with Gasteiger partial charge in [-0.3, -0.25) is 9.59 Å². The molecule has 6 heteroatoms. The fourth-order valence-corrected chi connectivity index (χ4v) is 4.07. The predicted octanol–water partition coefficient (Wildman–Crippen LogP) is 4.58. The molecule has 1 atom stereocenters. The van der Waals surface area contributed by atoms with Crippen LogP contribution in [0.2, 0.25) is 0 Å². The average molecular weight is 465 g/mol. The van der Waals surface area contributed by atoms with Crippen LogP contribution in [-0.2, 0) is 16.0 Å². The lowest BCUT2D eigenvalue weighted by molar-refractivity contribution is -0.140. The number of hydrogen-bond acceptors (Lipinski definition) is 5. The van der Waals surface area contributed by atoms with E-state index in [2.05, 4.69) is 20.8 Å². The van der Waals surface area contributed by atoms with Gasteiger partial charge in [0, 0.05) is 18.7 Å². The first-order valence-corrected chi connectivity index (χ1v) is 11.9. The highest BCUT2D eigenvalue weighted by Gasteiger charge is 2.45. The molecular formula is C28H36N2O4. The number of rotatable bonds is 9. The van der Waals surface area contributed by atoms with E-state index in [1.165, 1.54) is 5.56 Å². The Hall–Kier alpha value is -3.12. The number of carbonyl (C=O) groups is 2. The molecule has 0 bridgehead atoms. The highest BCUT2D eigenvalue weighted by atomic mass is 16.5. The molecule has 0 saturated carbocycles. The zero-order chi connectivity index (χ0) is 25.0. The topological polar surface area (TPSA) is 70.1 Å². The van der Waals surface area contributed by atoms with Crippen LogP contribution in [0.5, 0.6) is 5.75 Å². The summed E-state index contributed by atoms with van der Waals surface area (Å²) in [6.45, 7) is 9.73. The van der Waals surface area contributed by atoms with Crippen molar-refractivity contribution in [2.24, 2.45) is 5.92 Å². The van der Waals surface area contributed by atoms with Crippen molar-refractivity contribution in [2.75, 3.05) is 33.8 Å². The van der Waals surface area contributed by atoms with Crippen molar-refractivity contribution in [3.63, 3.8) is 0 Å². The molecule has 0 aliphatic carbocycles. The fourth-order valence-electron chi connectivity index (χ4n) is 4.07. The van der Waals surface area contributed by atoms with Crippen LogP contribution in [0, 0.1) is 12.8 Å². The Balaban J connectivity index is 2.06. The summed E-state index contributed by atoms with van der Waals surface area (Å²) in [4.78, 5) is 29.7. The van der Waals surface area contributed by atoms with E-state index in [-0.39, 0.29) is 11.3 Å². The Morgan fingerprint density at radius 3 is 2.35 bits per heavy atom. The number of aliphatic hydroxyl groups is 1. The lowest BCUT2D eigenvalue weighted by Crippen LogP contribution is -2.35. The van der Waals surface area contributed by atoms with Gasteiger partial charge in [-0.15, -0.1) is 0 Å². The summed E-state index contributed by atoms with van der Waals surface area (Å²) in [6, 6.07) is 12.6. The number of likely N-dealkylation sites (N-methyl/N-ethyl adjacent to an activating group) is 1. The van der Waals surface area contributed by atoms with Crippen LogP contribution < -0.4 is 4.74 Å². The molecule has 0 aromatic heterocycles. The van der Waals surface area contributed by atoms with Gasteiger partial charge in [0.2, 0.25) is 0 Å². The van der Waals surface area contributed by atoms with E-state index in [1.54, 1.807) is 23.1 Å². The maximum atomic E-state index is 13.2. The van der Waals surface area contributed by atoms with Crippen molar-refractivity contribution >= 4 is 17.4 Å². The molecule has 1 aliphatic heterocycles. The number of benzene rings is 2. The Kier molecular flexibility index (Phi) is 8.15. The van der Waals surface area contributed by atoms with E-state index in [9.17, 15) is 14.7 Å². The van der Waals surface area contributed by atoms with E-state index >= 15 is 0 Å². The summed E-state index contributed by atoms with van der Waals surface area (Å²) in [5.74, 6) is -0.262. The van der Waals surface area contributed by atoms with Crippen molar-refractivity contribution in [2.45, 2.75) is 40.2 Å². The summed E-state index contributed by atoms with van der Waals surface area (Å²) >= 11 is 0. The minimum absolute atomic E-state index is 0.128. The average Bonchev–Trinajstić information content (AvgIpc) is 3.06. The number of amides is 1. The van der Waals surface area contributed by atoms with Gasteiger partial charge >= 0.3 is 0 Å². The number of nitrogens with zero attached hydrogens (tertiary/aromatic N) is 2. The maximum Gasteiger partial charge on any atom is 0.295 e. The standard InChI is InChI=1S/C28H36N2O4/c1-7-20-8-10-21(11-9-20)25-24(27(32)28(33)30(25)15-14-29(5)6)26(31)22-12-13-23(19(4)16-22)34-17-18(2)3/h8-13,16,18,25,31H,7,14-15,17H2,1-6H3. The van der Waals surface area contributed by atoms with Crippen LogP contribution in [0.4, 0.5) is 0 Å². The third-order valence-electron chi connectivity index (χ3n) is 6.05. The van der Waals surface area contributed by atoms with Crippen LogP contribution in [0.1, 0.15) is 49.1 Å². The summed E-state index contributed by atoms with van der Waals surface area (Å²) in [6.07, 6.45) is 0.894. The zero-order valence-electron chi connectivity index (χ0n) is 21.1. The van der Waals surface area contributed by atoms with E-state index < -0.39 is 17.7 Å². The number of hydrogen-bond donors (Lipinski definition) is 1. The summed E-state index contributed by atoms with van der Waals surface area (Å²) < 4.78 is 5.85. The molecule has 1 N–H and O–H groups in total. The molecule has 2 aromatic carbocycles. The molecule has 1 aliphatic rings. The highest BCUT2D eigenvalue weighted by molar-refractivity contribution is 6.46. The normalized spacial score (nSPS) is 17.8. The third-order valence-corrected chi connectivity index (χ3v) is 6.05. The van der Waals surface area contributed by atoms with Crippen LogP contribution in [0.25, 0.3) is 5.76 Å². The second-order valence-electron chi connectivity index (χ2n) is 9.58. The van der Waals surface area contributed by atoms with Gasteiger partial charge in [-0.2, -0.15) is 0 Å². The molecule has 2 aromatic rings. The van der Waals surface area contributed by atoms with E-state index in [0.29, 0.717) is 31.2 Å². The molecule has 1 amide bonds. The molecule has 1 heterocycles. The second-order valence-corrected chi connectivity index (χ2v) is 9.58. The monoisotopic (exact) mass is 464 g/mol. The Bertz CT molecular complexity index is 1070. The number of Topliss-reactive ketones (excluding diaryl/α,β-unsaturated/α-hetero) is 1. The van der Waals surface area contributed by atoms with Crippen molar-refractivity contribution in [1.29, 1.82) is 0 Å². The molecule has 1 unspecified atom stereocenters. The number of carbonyl (C=O) groups excluding carboxylic acids is 2. The molecule has 34 heavy (non-hydrogen) atoms. The smallest absolute Gasteiger partial charge is 0.295 e. The number of aliphatic hydroxyl groups excluding tert-OH is 1. The van der Waals surface area contributed by atoms with Gasteiger partial charge in [0.25, 0.3) is 11.7 Å². The summed E-state index contributed by atoms with van der Waals surface area (Å²) in [7, 11) is 3.85. The molecule has 3 rings (SSSR count). The predicted molar refractivity (Wildman–Crippen MR) is 135 cm³/mol. The Morgan fingerprint density at radius 2 is 1.79 bits per heavy atom. The largest absolute Gasteiger partial charge is 0.507 e. The molecule has 1 fully saturated rings. The Morgan fingerprint density at radius 1 is 1.12 bits per heavy atom. The van der Waals surface area contributed by atoms with Crippen LogP contribution in [0.15, 0.2) is 48.0 Å². The lowest BCUT2D eigenvalue weighted by atomic mass is 9.94. The first kappa shape index (κ1) is 25.5. The molecule has 182 valence electrons. The van der Waals surface area contributed by atoms with Crippen LogP contribution in [-0.4, -0.2) is 60.4 Å². The van der Waals surface area contributed by atoms with Crippen LogP contribution >= 0.6 is 0 Å². The number of ether oxygens (including phenoxy) is 1. The summed E-state index contributed by atoms with van der Waals surface area (Å²) in [5, 5.41) is 11.3. The first-order valence-electron chi connectivity index (χ1n) is 11.9. The molecule has 6 nitrogen and oxygen atoms in total. The minimum atomic E-state index is -0.654.